The van der Waals surface area contributed by atoms with Crippen molar-refractivity contribution in [2.75, 3.05) is 11.5 Å². The second kappa shape index (κ2) is 7.58. The lowest BCUT2D eigenvalue weighted by Gasteiger charge is -2.48. The lowest BCUT2D eigenvalue weighted by molar-refractivity contribution is -0.157. The molecule has 2 fully saturated rings. The largest absolute Gasteiger partial charge is 0.462 e. The second-order valence-corrected chi connectivity index (χ2v) is 8.95. The van der Waals surface area contributed by atoms with Crippen molar-refractivity contribution in [2.24, 2.45) is 0 Å². The molecule has 1 aliphatic carbocycles. The third kappa shape index (κ3) is 2.92. The predicted molar refractivity (Wildman–Crippen MR) is 121 cm³/mol. The maximum Gasteiger partial charge on any atom is 0.419 e. The summed E-state index contributed by atoms with van der Waals surface area (Å²) in [5.41, 5.74) is 0.616. The Morgan fingerprint density at radius 3 is 2.65 bits per heavy atom. The molecule has 1 aromatic heterocycles. The lowest BCUT2D eigenvalue weighted by atomic mass is 9.96. The maximum atomic E-state index is 13.6. The van der Waals surface area contributed by atoms with E-state index < -0.39 is 17.4 Å². The van der Waals surface area contributed by atoms with Crippen molar-refractivity contribution in [3.05, 3.63) is 64.6 Å². The van der Waals surface area contributed by atoms with Crippen LogP contribution in [-0.4, -0.2) is 45.6 Å². The summed E-state index contributed by atoms with van der Waals surface area (Å²) in [6.07, 6.45) is 2.33. The van der Waals surface area contributed by atoms with E-state index in [1.54, 1.807) is 47.4 Å². The molecule has 174 valence electrons. The van der Waals surface area contributed by atoms with Gasteiger partial charge in [-0.3, -0.25) is 19.1 Å². The smallest absolute Gasteiger partial charge is 0.419 e. The Morgan fingerprint density at radius 1 is 1.06 bits per heavy atom. The number of anilines is 1. The van der Waals surface area contributed by atoms with Gasteiger partial charge in [0.2, 0.25) is 11.6 Å². The van der Waals surface area contributed by atoms with E-state index in [1.165, 1.54) is 9.47 Å². The average molecular weight is 461 g/mol. The second-order valence-electron chi connectivity index (χ2n) is 8.95. The molecule has 9 heteroatoms. The molecule has 0 bridgehead atoms. The van der Waals surface area contributed by atoms with Crippen molar-refractivity contribution < 1.29 is 23.5 Å². The number of amides is 2. The molecule has 0 spiro atoms. The van der Waals surface area contributed by atoms with Crippen LogP contribution in [-0.2, 0) is 20.9 Å². The van der Waals surface area contributed by atoms with E-state index in [0.29, 0.717) is 35.3 Å². The molecule has 9 nitrogen and oxygen atoms in total. The summed E-state index contributed by atoms with van der Waals surface area (Å²) in [6, 6.07) is 14.0. The number of ether oxygens (including phenoxy) is 1. The monoisotopic (exact) mass is 461 g/mol. The molecule has 2 aromatic carbocycles. The highest BCUT2D eigenvalue weighted by Crippen LogP contribution is 2.49. The summed E-state index contributed by atoms with van der Waals surface area (Å²) >= 11 is 0. The Bertz CT molecular complexity index is 1390. The third-order valence-corrected chi connectivity index (χ3v) is 6.87. The Labute approximate surface area is 194 Å². The van der Waals surface area contributed by atoms with E-state index in [0.717, 1.165) is 12.8 Å². The topological polar surface area (TPSA) is 102 Å². The number of hydrogen-bond donors (Lipinski definition) is 0. The van der Waals surface area contributed by atoms with Crippen LogP contribution in [0.1, 0.15) is 42.5 Å². The zero-order valence-corrected chi connectivity index (χ0v) is 18.4. The normalized spacial score (nSPS) is 21.6. The van der Waals surface area contributed by atoms with Crippen molar-refractivity contribution in [2.45, 2.75) is 50.4 Å². The van der Waals surface area contributed by atoms with Gasteiger partial charge in [0.15, 0.2) is 5.58 Å². The highest BCUT2D eigenvalue weighted by Gasteiger charge is 2.64. The molecular weight excluding hydrogens is 438 g/mol. The van der Waals surface area contributed by atoms with Gasteiger partial charge in [0.1, 0.15) is 0 Å². The third-order valence-electron chi connectivity index (χ3n) is 6.87. The van der Waals surface area contributed by atoms with Gasteiger partial charge in [-0.05, 0) is 43.5 Å². The first-order chi connectivity index (χ1) is 16.5. The summed E-state index contributed by atoms with van der Waals surface area (Å²) in [4.78, 5) is 55.2. The van der Waals surface area contributed by atoms with E-state index >= 15 is 0 Å². The number of rotatable bonds is 6. The van der Waals surface area contributed by atoms with Crippen LogP contribution >= 0.6 is 0 Å². The number of aromatic nitrogens is 1. The molecule has 1 unspecified atom stereocenters. The predicted octanol–water partition coefficient (Wildman–Crippen LogP) is 2.67. The molecule has 3 aliphatic rings. The van der Waals surface area contributed by atoms with Gasteiger partial charge >= 0.3 is 11.7 Å². The Hall–Kier alpha value is -3.88. The van der Waals surface area contributed by atoms with Gasteiger partial charge in [0, 0.05) is 25.4 Å². The summed E-state index contributed by atoms with van der Waals surface area (Å²) in [7, 11) is 0. The number of esters is 1. The first-order valence-corrected chi connectivity index (χ1v) is 11.5. The van der Waals surface area contributed by atoms with Gasteiger partial charge in [-0.1, -0.05) is 24.3 Å². The number of benzene rings is 2. The number of para-hydroxylation sites is 3. The van der Waals surface area contributed by atoms with Crippen LogP contribution in [0.2, 0.25) is 0 Å². The Morgan fingerprint density at radius 2 is 1.82 bits per heavy atom. The molecule has 1 saturated carbocycles. The Kier molecular flexibility index (Phi) is 4.62. The van der Waals surface area contributed by atoms with Crippen molar-refractivity contribution in [1.29, 1.82) is 0 Å². The van der Waals surface area contributed by atoms with Gasteiger partial charge in [0.05, 0.1) is 23.4 Å². The number of hydrogen-bond acceptors (Lipinski definition) is 6. The minimum atomic E-state index is -1.46. The van der Waals surface area contributed by atoms with Crippen LogP contribution in [0.25, 0.3) is 11.1 Å². The molecule has 0 radical (unpaired) electrons. The molecule has 1 atom stereocenters. The van der Waals surface area contributed by atoms with Gasteiger partial charge in [-0.25, -0.2) is 9.59 Å². The summed E-state index contributed by atoms with van der Waals surface area (Å²) < 4.78 is 12.4. The Balaban J connectivity index is 1.25. The molecule has 6 rings (SSSR count). The average Bonchev–Trinajstić information content (AvgIpc) is 3.54. The maximum absolute atomic E-state index is 13.6. The number of fused-ring (bicyclic) bond motifs is 4. The molecule has 2 amide bonds. The zero-order valence-electron chi connectivity index (χ0n) is 18.4. The minimum absolute atomic E-state index is 0.0445. The fourth-order valence-electron chi connectivity index (χ4n) is 5.24. The standard InChI is InChI=1S/C25H23N3O6/c29-21-12-13-25(27(16-10-11-16)22(30)17-6-1-2-7-18(17)28(21)25)23(31)33-15-5-14-26-19-8-3-4-9-20(19)34-24(26)32/h1-4,6-9,16H,5,10-15H2. The van der Waals surface area contributed by atoms with Gasteiger partial charge in [0.25, 0.3) is 5.91 Å². The highest BCUT2D eigenvalue weighted by atomic mass is 16.5. The summed E-state index contributed by atoms with van der Waals surface area (Å²) in [5.74, 6) is -1.50. The molecule has 0 N–H and O–H groups in total. The fraction of sp³-hybridized carbons (Fsp3) is 0.360. The number of aryl methyl sites for hydroxylation is 1. The van der Waals surface area contributed by atoms with E-state index in [9.17, 15) is 19.2 Å². The van der Waals surface area contributed by atoms with Crippen LogP contribution in [0.15, 0.2) is 57.7 Å². The number of oxazole rings is 1. The van der Waals surface area contributed by atoms with Crippen molar-refractivity contribution in [3.8, 4) is 0 Å². The zero-order chi connectivity index (χ0) is 23.4. The number of carbonyl (C=O) groups is 3. The van der Waals surface area contributed by atoms with Gasteiger partial charge in [-0.2, -0.15) is 0 Å². The molecule has 1 saturated heterocycles. The van der Waals surface area contributed by atoms with Crippen molar-refractivity contribution in [1.82, 2.24) is 9.47 Å². The molecule has 3 aromatic rings. The van der Waals surface area contributed by atoms with Crippen LogP contribution in [0.5, 0.6) is 0 Å². The quantitative estimate of drug-likeness (QED) is 0.413. The molecular formula is C25H23N3O6. The van der Waals surface area contributed by atoms with E-state index in [4.69, 9.17) is 9.15 Å². The summed E-state index contributed by atoms with van der Waals surface area (Å²) in [5, 5.41) is 0. The van der Waals surface area contributed by atoms with Crippen LogP contribution in [0.3, 0.4) is 0 Å². The van der Waals surface area contributed by atoms with Gasteiger partial charge < -0.3 is 14.1 Å². The molecule has 34 heavy (non-hydrogen) atoms. The minimum Gasteiger partial charge on any atom is -0.462 e. The van der Waals surface area contributed by atoms with Crippen LogP contribution < -0.4 is 10.7 Å². The fourth-order valence-corrected chi connectivity index (χ4v) is 5.24. The van der Waals surface area contributed by atoms with Crippen molar-refractivity contribution >= 4 is 34.6 Å². The van der Waals surface area contributed by atoms with Gasteiger partial charge in [-0.15, -0.1) is 0 Å². The number of carbonyl (C=O) groups excluding carboxylic acids is 3. The van der Waals surface area contributed by atoms with E-state index in [1.807, 2.05) is 6.07 Å². The van der Waals surface area contributed by atoms with E-state index in [2.05, 4.69) is 0 Å². The van der Waals surface area contributed by atoms with Crippen molar-refractivity contribution in [3.63, 3.8) is 0 Å². The SMILES string of the molecule is O=C1CCC2(C(=O)OCCCn3c(=O)oc4ccccc43)N1c1ccccc1C(=O)N2C1CC1. The van der Waals surface area contributed by atoms with Crippen LogP contribution in [0.4, 0.5) is 5.69 Å². The molecule has 3 heterocycles. The summed E-state index contributed by atoms with van der Waals surface area (Å²) in [6.45, 7) is 0.357. The first kappa shape index (κ1) is 20.7. The molecule has 2 aliphatic heterocycles. The highest BCUT2D eigenvalue weighted by molar-refractivity contribution is 6.15. The number of nitrogens with zero attached hydrogens (tertiary/aromatic N) is 3. The lowest BCUT2D eigenvalue weighted by Crippen LogP contribution is -2.69. The first-order valence-electron chi connectivity index (χ1n) is 11.5. The van der Waals surface area contributed by atoms with Crippen LogP contribution in [0, 0.1) is 0 Å². The van der Waals surface area contributed by atoms with E-state index in [-0.39, 0.29) is 37.3 Å².